The fourth-order valence-electron chi connectivity index (χ4n) is 2.62. The van der Waals surface area contributed by atoms with Crippen LogP contribution >= 0.6 is 11.3 Å². The molecule has 3 heterocycles. The summed E-state index contributed by atoms with van der Waals surface area (Å²) in [5, 5.41) is 11.5. The molecule has 0 radical (unpaired) electrons. The van der Waals surface area contributed by atoms with Crippen molar-refractivity contribution >= 4 is 23.2 Å². The molecular formula is C20H17N5O3S. The average Bonchev–Trinajstić information content (AvgIpc) is 3.52. The van der Waals surface area contributed by atoms with E-state index >= 15 is 0 Å². The molecule has 4 aromatic rings. The number of furan rings is 1. The van der Waals surface area contributed by atoms with Crippen molar-refractivity contribution in [2.75, 3.05) is 6.54 Å². The Bertz CT molecular complexity index is 1090. The van der Waals surface area contributed by atoms with Crippen LogP contribution in [0.3, 0.4) is 0 Å². The van der Waals surface area contributed by atoms with E-state index in [1.807, 2.05) is 47.8 Å². The molecule has 0 bridgehead atoms. The number of nitrogens with one attached hydrogen (secondary N) is 2. The lowest BCUT2D eigenvalue weighted by molar-refractivity contribution is -0.120. The lowest BCUT2D eigenvalue weighted by Gasteiger charge is -2.04. The van der Waals surface area contributed by atoms with Gasteiger partial charge in [0.2, 0.25) is 11.7 Å². The van der Waals surface area contributed by atoms with E-state index in [1.165, 1.54) is 17.6 Å². The third kappa shape index (κ3) is 4.41. The van der Waals surface area contributed by atoms with Gasteiger partial charge in [-0.15, -0.1) is 16.4 Å². The molecule has 1 aromatic carbocycles. The van der Waals surface area contributed by atoms with Gasteiger partial charge in [0, 0.05) is 0 Å². The van der Waals surface area contributed by atoms with Crippen molar-refractivity contribution in [2.24, 2.45) is 0 Å². The molecule has 4 rings (SSSR count). The van der Waals surface area contributed by atoms with E-state index in [0.29, 0.717) is 11.6 Å². The molecule has 0 saturated heterocycles. The summed E-state index contributed by atoms with van der Waals surface area (Å²) in [6.45, 7) is 0.0683. The molecular weight excluding hydrogens is 390 g/mol. The molecule has 0 atom stereocenters. The highest BCUT2D eigenvalue weighted by Crippen LogP contribution is 2.25. The number of carbonyl (C=O) groups excluding carboxylic acids is 2. The van der Waals surface area contributed by atoms with Crippen LogP contribution in [0.2, 0.25) is 0 Å². The normalized spacial score (nSPS) is 10.6. The summed E-state index contributed by atoms with van der Waals surface area (Å²) >= 11 is 1.51. The zero-order chi connectivity index (χ0) is 20.1. The van der Waals surface area contributed by atoms with E-state index in [-0.39, 0.29) is 24.8 Å². The predicted octanol–water partition coefficient (Wildman–Crippen LogP) is 2.64. The van der Waals surface area contributed by atoms with Gasteiger partial charge in [-0.2, -0.15) is 0 Å². The van der Waals surface area contributed by atoms with E-state index in [9.17, 15) is 9.59 Å². The molecule has 0 fully saturated rings. The van der Waals surface area contributed by atoms with E-state index in [4.69, 9.17) is 4.42 Å². The Balaban J connectivity index is 1.46. The van der Waals surface area contributed by atoms with Crippen LogP contribution in [-0.2, 0) is 11.3 Å². The molecule has 0 aliphatic carbocycles. The lowest BCUT2D eigenvalue weighted by Crippen LogP contribution is -2.37. The van der Waals surface area contributed by atoms with Crippen molar-refractivity contribution in [3.05, 3.63) is 77.8 Å². The van der Waals surface area contributed by atoms with E-state index in [2.05, 4.69) is 20.7 Å². The molecule has 2 amide bonds. The minimum atomic E-state index is -0.523. The van der Waals surface area contributed by atoms with Crippen LogP contribution < -0.4 is 10.6 Å². The summed E-state index contributed by atoms with van der Waals surface area (Å²) in [5.41, 5.74) is 0.790. The van der Waals surface area contributed by atoms with Crippen LogP contribution in [0.25, 0.3) is 16.4 Å². The minimum Gasteiger partial charge on any atom is -0.467 e. The van der Waals surface area contributed by atoms with E-state index in [1.54, 1.807) is 16.8 Å². The number of amides is 2. The van der Waals surface area contributed by atoms with Gasteiger partial charge in [0.05, 0.1) is 29.9 Å². The van der Waals surface area contributed by atoms with Gasteiger partial charge in [0.25, 0.3) is 5.91 Å². The fraction of sp³-hybridized carbons (Fsp3) is 0.100. The van der Waals surface area contributed by atoms with Crippen LogP contribution in [0.15, 0.2) is 70.7 Å². The first-order valence-corrected chi connectivity index (χ1v) is 9.72. The Kier molecular flexibility index (Phi) is 5.48. The number of thiophene rings is 1. The highest BCUT2D eigenvalue weighted by molar-refractivity contribution is 7.13. The Morgan fingerprint density at radius 1 is 1.03 bits per heavy atom. The minimum absolute atomic E-state index is 0.00362. The van der Waals surface area contributed by atoms with Crippen molar-refractivity contribution in [1.82, 2.24) is 25.4 Å². The first kappa shape index (κ1) is 18.6. The largest absolute Gasteiger partial charge is 0.467 e. The predicted molar refractivity (Wildman–Crippen MR) is 108 cm³/mol. The maximum atomic E-state index is 12.5. The summed E-state index contributed by atoms with van der Waals surface area (Å²) in [7, 11) is 0. The van der Waals surface area contributed by atoms with E-state index < -0.39 is 5.91 Å². The second-order valence-corrected chi connectivity index (χ2v) is 6.97. The third-order valence-electron chi connectivity index (χ3n) is 4.00. The van der Waals surface area contributed by atoms with Gasteiger partial charge in [-0.05, 0) is 35.7 Å². The van der Waals surface area contributed by atoms with Crippen LogP contribution in [0.1, 0.15) is 16.4 Å². The molecule has 3 aromatic heterocycles. The summed E-state index contributed by atoms with van der Waals surface area (Å²) in [5.74, 6) is 0.338. The first-order valence-electron chi connectivity index (χ1n) is 8.84. The van der Waals surface area contributed by atoms with Crippen molar-refractivity contribution in [3.63, 3.8) is 0 Å². The van der Waals surface area contributed by atoms with Gasteiger partial charge in [0.15, 0.2) is 5.82 Å². The van der Waals surface area contributed by atoms with Gasteiger partial charge in [-0.3, -0.25) is 9.59 Å². The van der Waals surface area contributed by atoms with Gasteiger partial charge in [-0.25, -0.2) is 9.67 Å². The second-order valence-electron chi connectivity index (χ2n) is 6.02. The Morgan fingerprint density at radius 3 is 2.62 bits per heavy atom. The first-order chi connectivity index (χ1) is 14.2. The summed E-state index contributed by atoms with van der Waals surface area (Å²) in [6.07, 6.45) is 1.53. The standard InChI is InChI=1S/C20H17N5O3S/c26-17(21-12-15-8-4-10-28-15)13-22-20(27)18-23-19(16-9-5-11-29-16)25(24-18)14-6-2-1-3-7-14/h1-11H,12-13H2,(H,21,26)(H,22,27). The van der Waals surface area contributed by atoms with Gasteiger partial charge in [0.1, 0.15) is 5.76 Å². The number of rotatable bonds is 7. The summed E-state index contributed by atoms with van der Waals surface area (Å²) in [4.78, 5) is 29.7. The second kappa shape index (κ2) is 8.53. The average molecular weight is 407 g/mol. The molecule has 8 nitrogen and oxygen atoms in total. The zero-order valence-electron chi connectivity index (χ0n) is 15.2. The number of hydrogen-bond donors (Lipinski definition) is 2. The molecule has 2 N–H and O–H groups in total. The topological polar surface area (TPSA) is 102 Å². The molecule has 9 heteroatoms. The zero-order valence-corrected chi connectivity index (χ0v) is 16.1. The van der Waals surface area contributed by atoms with Crippen molar-refractivity contribution in [2.45, 2.75) is 6.54 Å². The van der Waals surface area contributed by atoms with Gasteiger partial charge < -0.3 is 15.1 Å². The molecule has 0 aliphatic heterocycles. The SMILES string of the molecule is O=C(CNC(=O)c1nc(-c2cccs2)n(-c2ccccc2)n1)NCc1ccco1. The summed E-state index contributed by atoms with van der Waals surface area (Å²) < 4.78 is 6.77. The lowest BCUT2D eigenvalue weighted by atomic mass is 10.3. The number of carbonyl (C=O) groups is 2. The maximum absolute atomic E-state index is 12.5. The molecule has 0 unspecified atom stereocenters. The Morgan fingerprint density at radius 2 is 1.90 bits per heavy atom. The fourth-order valence-corrected chi connectivity index (χ4v) is 3.32. The molecule has 0 spiro atoms. The molecule has 0 aliphatic rings. The van der Waals surface area contributed by atoms with Crippen molar-refractivity contribution in [1.29, 1.82) is 0 Å². The number of benzene rings is 1. The van der Waals surface area contributed by atoms with Crippen LogP contribution in [0.4, 0.5) is 0 Å². The smallest absolute Gasteiger partial charge is 0.291 e. The van der Waals surface area contributed by atoms with Crippen LogP contribution in [0.5, 0.6) is 0 Å². The van der Waals surface area contributed by atoms with Gasteiger partial charge >= 0.3 is 0 Å². The number of hydrogen-bond acceptors (Lipinski definition) is 6. The Hall–Kier alpha value is -3.72. The van der Waals surface area contributed by atoms with E-state index in [0.717, 1.165) is 10.6 Å². The van der Waals surface area contributed by atoms with Crippen molar-refractivity contribution in [3.8, 4) is 16.4 Å². The molecule has 146 valence electrons. The van der Waals surface area contributed by atoms with Crippen LogP contribution in [0, 0.1) is 0 Å². The number of aromatic nitrogens is 3. The highest BCUT2D eigenvalue weighted by Gasteiger charge is 2.19. The number of nitrogens with zero attached hydrogens (tertiary/aromatic N) is 3. The maximum Gasteiger partial charge on any atom is 0.291 e. The quantitative estimate of drug-likeness (QED) is 0.490. The molecule has 0 saturated carbocycles. The van der Waals surface area contributed by atoms with Crippen LogP contribution in [-0.4, -0.2) is 33.1 Å². The number of para-hydroxylation sites is 1. The van der Waals surface area contributed by atoms with Gasteiger partial charge in [-0.1, -0.05) is 24.3 Å². The monoisotopic (exact) mass is 407 g/mol. The van der Waals surface area contributed by atoms with Crippen molar-refractivity contribution < 1.29 is 14.0 Å². The molecule has 29 heavy (non-hydrogen) atoms. The highest BCUT2D eigenvalue weighted by atomic mass is 32.1. The summed E-state index contributed by atoms with van der Waals surface area (Å²) in [6, 6.07) is 16.8. The Labute approximate surface area is 170 Å². The third-order valence-corrected chi connectivity index (χ3v) is 4.87.